The van der Waals surface area contributed by atoms with Gasteiger partial charge in [0.2, 0.25) is 0 Å². The van der Waals surface area contributed by atoms with Gasteiger partial charge in [-0.2, -0.15) is 5.26 Å². The summed E-state index contributed by atoms with van der Waals surface area (Å²) in [5.41, 5.74) is 1.69. The normalized spacial score (nSPS) is 11.0. The molecule has 0 aliphatic carbocycles. The number of Topliss-reactive ketones (excluding diaryl/α,β-unsaturated/α-hetero) is 1. The van der Waals surface area contributed by atoms with Crippen LogP contribution in [0.1, 0.15) is 28.1 Å². The van der Waals surface area contributed by atoms with Crippen molar-refractivity contribution in [3.63, 3.8) is 0 Å². The first-order valence-electron chi connectivity index (χ1n) is 6.16. The number of carbonyl (C=O) groups is 1. The maximum Gasteiger partial charge on any atom is 0.162 e. The summed E-state index contributed by atoms with van der Waals surface area (Å²) in [4.78, 5) is 11.9. The number of ketones is 1. The first-order valence-corrected chi connectivity index (χ1v) is 6.98. The van der Waals surface area contributed by atoms with Crippen LogP contribution >= 0.6 is 11.3 Å². The third-order valence-corrected chi connectivity index (χ3v) is 3.67. The van der Waals surface area contributed by atoms with Crippen molar-refractivity contribution in [1.29, 1.82) is 5.26 Å². The van der Waals surface area contributed by atoms with Crippen molar-refractivity contribution in [2.45, 2.75) is 13.8 Å². The number of nitrogens with zero attached hydrogens (tertiary/aromatic N) is 3. The van der Waals surface area contributed by atoms with Crippen LogP contribution in [0, 0.1) is 18.3 Å². The van der Waals surface area contributed by atoms with Gasteiger partial charge in [-0.1, -0.05) is 11.3 Å². The van der Waals surface area contributed by atoms with Crippen LogP contribution in [-0.2, 0) is 4.79 Å². The predicted molar refractivity (Wildman–Crippen MR) is 80.9 cm³/mol. The fourth-order valence-corrected chi connectivity index (χ4v) is 2.53. The van der Waals surface area contributed by atoms with Gasteiger partial charge in [0.25, 0.3) is 0 Å². The number of nitriles is 1. The Hall–Kier alpha value is -2.52. The Labute approximate surface area is 126 Å². The smallest absolute Gasteiger partial charge is 0.162 e. The Balaban J connectivity index is 2.53. The molecule has 0 aliphatic rings. The molecule has 0 unspecified atom stereocenters. The molecule has 0 spiro atoms. The molecule has 0 amide bonds. The van der Waals surface area contributed by atoms with Gasteiger partial charge in [-0.25, -0.2) is 0 Å². The van der Waals surface area contributed by atoms with Crippen molar-refractivity contribution in [1.82, 2.24) is 10.2 Å². The zero-order valence-electron chi connectivity index (χ0n) is 11.9. The van der Waals surface area contributed by atoms with Crippen LogP contribution in [0.2, 0.25) is 0 Å². The zero-order chi connectivity index (χ0) is 15.4. The van der Waals surface area contributed by atoms with E-state index in [1.165, 1.54) is 25.4 Å². The number of aryl methyl sites for hydroxylation is 1. The highest BCUT2D eigenvalue weighted by Gasteiger charge is 2.14. The Bertz CT molecular complexity index is 757. The number of methoxy groups -OCH3 is 1. The van der Waals surface area contributed by atoms with E-state index in [0.29, 0.717) is 21.9 Å². The maximum atomic E-state index is 11.9. The van der Waals surface area contributed by atoms with Gasteiger partial charge in [-0.15, -0.1) is 10.2 Å². The summed E-state index contributed by atoms with van der Waals surface area (Å²) >= 11 is 1.36. The molecule has 0 atom stereocenters. The van der Waals surface area contributed by atoms with Crippen LogP contribution in [0.5, 0.6) is 5.75 Å². The van der Waals surface area contributed by atoms with E-state index in [2.05, 4.69) is 16.3 Å². The van der Waals surface area contributed by atoms with E-state index in [1.807, 2.05) is 6.92 Å². The Kier molecular flexibility index (Phi) is 4.45. The number of rotatable bonds is 4. The molecule has 6 heteroatoms. The number of hydrogen-bond acceptors (Lipinski definition) is 6. The molecule has 2 rings (SSSR count). The predicted octanol–water partition coefficient (Wildman–Crippen LogP) is 2.86. The molecule has 5 nitrogen and oxygen atoms in total. The van der Waals surface area contributed by atoms with Gasteiger partial charge in [0.05, 0.1) is 24.3 Å². The van der Waals surface area contributed by atoms with Crippen molar-refractivity contribution in [2.75, 3.05) is 7.11 Å². The summed E-state index contributed by atoms with van der Waals surface area (Å²) in [5.74, 6) is 0.437. The lowest BCUT2D eigenvalue weighted by Gasteiger charge is -2.06. The highest BCUT2D eigenvalue weighted by Crippen LogP contribution is 2.27. The maximum absolute atomic E-state index is 11.9. The van der Waals surface area contributed by atoms with E-state index in [9.17, 15) is 4.79 Å². The molecular weight excluding hydrogens is 286 g/mol. The lowest BCUT2D eigenvalue weighted by Crippen LogP contribution is -1.97. The van der Waals surface area contributed by atoms with E-state index in [1.54, 1.807) is 24.3 Å². The molecule has 0 saturated heterocycles. The van der Waals surface area contributed by atoms with Crippen LogP contribution in [0.15, 0.2) is 18.2 Å². The van der Waals surface area contributed by atoms with Crippen LogP contribution in [-0.4, -0.2) is 23.1 Å². The minimum Gasteiger partial charge on any atom is -0.496 e. The van der Waals surface area contributed by atoms with Gasteiger partial charge < -0.3 is 4.74 Å². The van der Waals surface area contributed by atoms with Gasteiger partial charge in [-0.3, -0.25) is 4.79 Å². The highest BCUT2D eigenvalue weighted by atomic mass is 32.1. The minimum absolute atomic E-state index is 0.0995. The van der Waals surface area contributed by atoms with Gasteiger partial charge in [0.1, 0.15) is 10.8 Å². The van der Waals surface area contributed by atoms with Crippen molar-refractivity contribution < 1.29 is 9.53 Å². The number of ether oxygens (including phenoxy) is 1. The van der Waals surface area contributed by atoms with Gasteiger partial charge >= 0.3 is 0 Å². The van der Waals surface area contributed by atoms with Crippen LogP contribution < -0.4 is 4.74 Å². The number of carbonyl (C=O) groups excluding carboxylic acids is 1. The molecule has 2 aromatic rings. The van der Waals surface area contributed by atoms with Crippen LogP contribution in [0.4, 0.5) is 0 Å². The van der Waals surface area contributed by atoms with Crippen LogP contribution in [0.3, 0.4) is 0 Å². The summed E-state index contributed by atoms with van der Waals surface area (Å²) in [5, 5.41) is 18.2. The quantitative estimate of drug-likeness (QED) is 0.811. The summed E-state index contributed by atoms with van der Waals surface area (Å²) in [7, 11) is 1.52. The standard InChI is InChI=1S/C15H13N3O2S/c1-9(19)13(15-18-17-10(2)21-15)7-12-5-4-11(8-16)6-14(12)20-3/h4-7H,1-3H3/b13-7+. The fraction of sp³-hybridized carbons (Fsp3) is 0.200. The molecule has 21 heavy (non-hydrogen) atoms. The van der Waals surface area contributed by atoms with E-state index >= 15 is 0 Å². The van der Waals surface area contributed by atoms with E-state index < -0.39 is 0 Å². The first kappa shape index (κ1) is 14.9. The molecule has 0 aliphatic heterocycles. The Morgan fingerprint density at radius 1 is 1.43 bits per heavy atom. The molecule has 1 heterocycles. The number of aromatic nitrogens is 2. The number of hydrogen-bond donors (Lipinski definition) is 0. The molecule has 0 radical (unpaired) electrons. The largest absolute Gasteiger partial charge is 0.496 e. The molecule has 1 aromatic carbocycles. The SMILES string of the molecule is COc1cc(C#N)ccc1/C=C(\C(C)=O)c1nnc(C)s1. The Morgan fingerprint density at radius 3 is 2.71 bits per heavy atom. The molecule has 106 valence electrons. The molecule has 0 bridgehead atoms. The summed E-state index contributed by atoms with van der Waals surface area (Å²) in [6, 6.07) is 7.11. The highest BCUT2D eigenvalue weighted by molar-refractivity contribution is 7.12. The average molecular weight is 299 g/mol. The average Bonchev–Trinajstić information content (AvgIpc) is 2.90. The topological polar surface area (TPSA) is 75.9 Å². The van der Waals surface area contributed by atoms with E-state index in [4.69, 9.17) is 10.00 Å². The van der Waals surface area contributed by atoms with Crippen LogP contribution in [0.25, 0.3) is 11.6 Å². The summed E-state index contributed by atoms with van der Waals surface area (Å²) < 4.78 is 5.27. The van der Waals surface area contributed by atoms with Crippen molar-refractivity contribution in [3.8, 4) is 11.8 Å². The second-order valence-corrected chi connectivity index (χ2v) is 5.49. The first-order chi connectivity index (χ1) is 10.0. The number of benzene rings is 1. The van der Waals surface area contributed by atoms with Gasteiger partial charge in [0, 0.05) is 5.56 Å². The van der Waals surface area contributed by atoms with E-state index in [-0.39, 0.29) is 5.78 Å². The summed E-state index contributed by atoms with van der Waals surface area (Å²) in [6.45, 7) is 3.32. The molecule has 0 saturated carbocycles. The monoisotopic (exact) mass is 299 g/mol. The van der Waals surface area contributed by atoms with Gasteiger partial charge in [0.15, 0.2) is 10.8 Å². The third kappa shape index (κ3) is 3.33. The zero-order valence-corrected chi connectivity index (χ0v) is 12.7. The second kappa shape index (κ2) is 6.29. The second-order valence-electron chi connectivity index (χ2n) is 4.31. The third-order valence-electron chi connectivity index (χ3n) is 2.80. The molecule has 0 N–H and O–H groups in total. The van der Waals surface area contributed by atoms with Crippen molar-refractivity contribution in [3.05, 3.63) is 39.3 Å². The lowest BCUT2D eigenvalue weighted by atomic mass is 10.1. The van der Waals surface area contributed by atoms with Crippen molar-refractivity contribution >= 4 is 28.8 Å². The lowest BCUT2D eigenvalue weighted by molar-refractivity contribution is -0.111. The van der Waals surface area contributed by atoms with E-state index in [0.717, 1.165) is 10.6 Å². The Morgan fingerprint density at radius 2 is 2.19 bits per heavy atom. The summed E-state index contributed by atoms with van der Waals surface area (Å²) in [6.07, 6.45) is 1.71. The minimum atomic E-state index is -0.0995. The van der Waals surface area contributed by atoms with Gasteiger partial charge in [-0.05, 0) is 38.1 Å². The molecular formula is C15H13N3O2S. The van der Waals surface area contributed by atoms with Crippen molar-refractivity contribution in [2.24, 2.45) is 0 Å². The molecule has 1 aromatic heterocycles. The number of allylic oxidation sites excluding steroid dienone is 1. The fourth-order valence-electron chi connectivity index (χ4n) is 1.77. The molecule has 0 fully saturated rings.